The fourth-order valence-corrected chi connectivity index (χ4v) is 2.42. The summed E-state index contributed by atoms with van der Waals surface area (Å²) < 4.78 is 4.64. The number of carbonyl (C=O) groups is 3. The molecule has 2 aromatic rings. The minimum atomic E-state index is -0.945. The molecule has 0 bridgehead atoms. The van der Waals surface area contributed by atoms with Gasteiger partial charge in [0.05, 0.1) is 11.5 Å². The molecule has 0 spiro atoms. The van der Waals surface area contributed by atoms with Crippen molar-refractivity contribution in [1.29, 1.82) is 0 Å². The lowest BCUT2D eigenvalue weighted by Crippen LogP contribution is -2.25. The molecule has 23 heavy (non-hydrogen) atoms. The first-order chi connectivity index (χ1) is 11.0. The van der Waals surface area contributed by atoms with Gasteiger partial charge in [-0.1, -0.05) is 12.1 Å². The zero-order valence-corrected chi connectivity index (χ0v) is 13.5. The highest BCUT2D eigenvalue weighted by Crippen LogP contribution is 2.21. The van der Waals surface area contributed by atoms with E-state index in [9.17, 15) is 14.4 Å². The minimum Gasteiger partial charge on any atom is -0.459 e. The lowest BCUT2D eigenvalue weighted by atomic mass is 10.1. The van der Waals surface area contributed by atoms with Crippen molar-refractivity contribution in [3.05, 3.63) is 46.2 Å². The van der Waals surface area contributed by atoms with Crippen LogP contribution in [0.5, 0.6) is 0 Å². The van der Waals surface area contributed by atoms with Crippen LogP contribution in [0.3, 0.4) is 0 Å². The third-order valence-corrected chi connectivity index (χ3v) is 3.82. The zero-order valence-electron chi connectivity index (χ0n) is 12.7. The monoisotopic (exact) mass is 332 g/mol. The summed E-state index contributed by atoms with van der Waals surface area (Å²) in [6.45, 7) is 3.53. The normalized spacial score (nSPS) is 10.0. The van der Waals surface area contributed by atoms with Gasteiger partial charge in [0.2, 0.25) is 0 Å². The number of carbonyl (C=O) groups excluding carboxylic acids is 3. The fraction of sp³-hybridized carbons (Fsp3) is 0.188. The number of thiophene rings is 1. The molecular weight excluding hydrogens is 316 g/mol. The number of esters is 1. The van der Waals surface area contributed by atoms with Gasteiger partial charge in [0.1, 0.15) is 0 Å². The first-order valence-corrected chi connectivity index (χ1v) is 7.83. The number of nitrogens with one attached hydrogen (secondary N) is 2. The van der Waals surface area contributed by atoms with E-state index in [1.807, 2.05) is 5.38 Å². The van der Waals surface area contributed by atoms with E-state index >= 15 is 0 Å². The van der Waals surface area contributed by atoms with Gasteiger partial charge in [-0.25, -0.2) is 4.79 Å². The molecule has 0 radical (unpaired) electrons. The Kier molecular flexibility index (Phi) is 5.48. The van der Waals surface area contributed by atoms with E-state index in [2.05, 4.69) is 15.4 Å². The average molecular weight is 332 g/mol. The van der Waals surface area contributed by atoms with E-state index in [0.717, 1.165) is 5.56 Å². The highest BCUT2D eigenvalue weighted by atomic mass is 32.1. The number of anilines is 2. The van der Waals surface area contributed by atoms with Gasteiger partial charge in [0, 0.05) is 11.4 Å². The van der Waals surface area contributed by atoms with Crippen molar-refractivity contribution in [2.75, 3.05) is 17.2 Å². The van der Waals surface area contributed by atoms with Gasteiger partial charge in [0.15, 0.2) is 0 Å². The number of rotatable bonds is 4. The minimum absolute atomic E-state index is 0.127. The van der Waals surface area contributed by atoms with Crippen LogP contribution in [0.25, 0.3) is 0 Å². The number of amides is 2. The molecule has 0 unspecified atom stereocenters. The first kappa shape index (κ1) is 16.7. The van der Waals surface area contributed by atoms with Crippen molar-refractivity contribution >= 4 is 40.5 Å². The van der Waals surface area contributed by atoms with Crippen LogP contribution in [0.4, 0.5) is 11.4 Å². The molecule has 1 aromatic carbocycles. The molecular formula is C16H16N2O4S. The van der Waals surface area contributed by atoms with Gasteiger partial charge >= 0.3 is 11.9 Å². The third kappa shape index (κ3) is 4.40. The first-order valence-electron chi connectivity index (χ1n) is 6.95. The van der Waals surface area contributed by atoms with Crippen molar-refractivity contribution in [3.8, 4) is 0 Å². The summed E-state index contributed by atoms with van der Waals surface area (Å²) in [6.07, 6.45) is 0. The number of benzene rings is 1. The van der Waals surface area contributed by atoms with Crippen molar-refractivity contribution < 1.29 is 19.1 Å². The van der Waals surface area contributed by atoms with E-state index in [1.165, 1.54) is 11.3 Å². The van der Waals surface area contributed by atoms with Gasteiger partial charge in [-0.2, -0.15) is 0 Å². The van der Waals surface area contributed by atoms with Crippen LogP contribution in [0.15, 0.2) is 35.7 Å². The van der Waals surface area contributed by atoms with Crippen LogP contribution in [-0.2, 0) is 14.3 Å². The second-order valence-corrected chi connectivity index (χ2v) is 5.58. The van der Waals surface area contributed by atoms with E-state index in [1.54, 1.807) is 44.2 Å². The standard InChI is InChI=1S/C16H16N2O4S/c1-3-22-16(21)15(20)18-12-9-11(7-6-10(12)2)17-14(19)13-5-4-8-23-13/h4-9H,3H2,1-2H3,(H,17,19)(H,18,20). The van der Waals surface area contributed by atoms with Crippen LogP contribution < -0.4 is 10.6 Å². The fourth-order valence-electron chi connectivity index (χ4n) is 1.80. The molecule has 0 saturated carbocycles. The van der Waals surface area contributed by atoms with E-state index in [-0.39, 0.29) is 12.5 Å². The van der Waals surface area contributed by atoms with Gasteiger partial charge in [-0.05, 0) is 43.0 Å². The molecule has 7 heteroatoms. The van der Waals surface area contributed by atoms with Crippen LogP contribution >= 0.6 is 11.3 Å². The lowest BCUT2D eigenvalue weighted by molar-refractivity contribution is -0.152. The highest BCUT2D eigenvalue weighted by molar-refractivity contribution is 7.12. The molecule has 2 N–H and O–H groups in total. The van der Waals surface area contributed by atoms with Crippen molar-refractivity contribution in [2.45, 2.75) is 13.8 Å². The molecule has 2 rings (SSSR count). The Bertz CT molecular complexity index is 726. The quantitative estimate of drug-likeness (QED) is 0.666. The smallest absolute Gasteiger partial charge is 0.397 e. The van der Waals surface area contributed by atoms with Crippen molar-refractivity contribution in [2.24, 2.45) is 0 Å². The van der Waals surface area contributed by atoms with Gasteiger partial charge in [-0.3, -0.25) is 9.59 Å². The molecule has 0 saturated heterocycles. The molecule has 1 aromatic heterocycles. The van der Waals surface area contributed by atoms with Crippen LogP contribution in [0.1, 0.15) is 22.2 Å². The number of hydrogen-bond acceptors (Lipinski definition) is 5. The second kappa shape index (κ2) is 7.55. The summed E-state index contributed by atoms with van der Waals surface area (Å²) in [7, 11) is 0. The largest absolute Gasteiger partial charge is 0.459 e. The average Bonchev–Trinajstić information content (AvgIpc) is 3.05. The number of hydrogen-bond donors (Lipinski definition) is 2. The molecule has 120 valence electrons. The van der Waals surface area contributed by atoms with Crippen molar-refractivity contribution in [1.82, 2.24) is 0 Å². The third-order valence-electron chi connectivity index (χ3n) is 2.95. The maximum Gasteiger partial charge on any atom is 0.397 e. The van der Waals surface area contributed by atoms with E-state index < -0.39 is 11.9 Å². The van der Waals surface area contributed by atoms with E-state index in [0.29, 0.717) is 16.3 Å². The lowest BCUT2D eigenvalue weighted by Gasteiger charge is -2.11. The number of ether oxygens (including phenoxy) is 1. The van der Waals surface area contributed by atoms with Crippen LogP contribution in [-0.4, -0.2) is 24.4 Å². The number of aryl methyl sites for hydroxylation is 1. The summed E-state index contributed by atoms with van der Waals surface area (Å²) in [5.74, 6) is -2.02. The second-order valence-electron chi connectivity index (χ2n) is 4.64. The van der Waals surface area contributed by atoms with Crippen LogP contribution in [0, 0.1) is 6.92 Å². The SMILES string of the molecule is CCOC(=O)C(=O)Nc1cc(NC(=O)c2cccs2)ccc1C. The van der Waals surface area contributed by atoms with Crippen molar-refractivity contribution in [3.63, 3.8) is 0 Å². The predicted molar refractivity (Wildman–Crippen MR) is 88.7 cm³/mol. The Labute approximate surface area is 137 Å². The topological polar surface area (TPSA) is 84.5 Å². The van der Waals surface area contributed by atoms with Gasteiger partial charge in [0.25, 0.3) is 5.91 Å². The summed E-state index contributed by atoms with van der Waals surface area (Å²) in [6, 6.07) is 8.57. The molecule has 1 heterocycles. The predicted octanol–water partition coefficient (Wildman–Crippen LogP) is 2.81. The summed E-state index contributed by atoms with van der Waals surface area (Å²) in [5, 5.41) is 7.04. The Hall–Kier alpha value is -2.67. The molecule has 2 amide bonds. The maximum absolute atomic E-state index is 12.0. The molecule has 0 fully saturated rings. The maximum atomic E-state index is 12.0. The van der Waals surface area contributed by atoms with Gasteiger partial charge < -0.3 is 15.4 Å². The Morgan fingerprint density at radius 2 is 1.96 bits per heavy atom. The Balaban J connectivity index is 2.11. The zero-order chi connectivity index (χ0) is 16.8. The van der Waals surface area contributed by atoms with Crippen LogP contribution in [0.2, 0.25) is 0 Å². The molecule has 0 aliphatic heterocycles. The van der Waals surface area contributed by atoms with E-state index in [4.69, 9.17) is 0 Å². The molecule has 6 nitrogen and oxygen atoms in total. The molecule has 0 aliphatic rings. The summed E-state index contributed by atoms with van der Waals surface area (Å²) >= 11 is 1.33. The Morgan fingerprint density at radius 3 is 2.61 bits per heavy atom. The Morgan fingerprint density at radius 1 is 1.17 bits per heavy atom. The van der Waals surface area contributed by atoms with Gasteiger partial charge in [-0.15, -0.1) is 11.3 Å². The highest BCUT2D eigenvalue weighted by Gasteiger charge is 2.16. The summed E-state index contributed by atoms with van der Waals surface area (Å²) in [4.78, 5) is 35.7. The molecule has 0 aliphatic carbocycles. The summed E-state index contributed by atoms with van der Waals surface area (Å²) in [5.41, 5.74) is 1.72. The molecule has 0 atom stereocenters.